The maximum atomic E-state index is 10.9. The number of rotatable bonds is 5. The quantitative estimate of drug-likeness (QED) is 0.856. The van der Waals surface area contributed by atoms with Crippen LogP contribution in [0.4, 0.5) is 0 Å². The van der Waals surface area contributed by atoms with E-state index >= 15 is 0 Å². The molecule has 1 N–H and O–H groups in total. The third-order valence-corrected chi connectivity index (χ3v) is 3.42. The van der Waals surface area contributed by atoms with Crippen LogP contribution in [0, 0.1) is 0 Å². The van der Waals surface area contributed by atoms with Crippen LogP contribution in [-0.2, 0) is 10.5 Å². The maximum Gasteiger partial charge on any atom is 0.319 e. The largest absolute Gasteiger partial charge is 0.481 e. The molecule has 16 heavy (non-hydrogen) atoms. The van der Waals surface area contributed by atoms with Gasteiger partial charge in [0.05, 0.1) is 12.8 Å². The summed E-state index contributed by atoms with van der Waals surface area (Å²) in [6, 6.07) is 5.46. The van der Waals surface area contributed by atoms with Crippen LogP contribution >= 0.6 is 11.8 Å². The number of hydrogen-bond acceptors (Lipinski definition) is 4. The van der Waals surface area contributed by atoms with Crippen molar-refractivity contribution in [2.75, 3.05) is 7.11 Å². The molecular weight excluding hydrogens is 226 g/mol. The molecule has 0 radical (unpaired) electrons. The summed E-state index contributed by atoms with van der Waals surface area (Å²) in [6.07, 6.45) is 0. The summed E-state index contributed by atoms with van der Waals surface area (Å²) in [4.78, 5) is 15.1. The molecule has 0 saturated heterocycles. The van der Waals surface area contributed by atoms with Gasteiger partial charge in [0.1, 0.15) is 4.75 Å². The Bertz CT molecular complexity index is 379. The number of thioether (sulfide) groups is 1. The number of aliphatic carboxylic acids is 1. The minimum Gasteiger partial charge on any atom is -0.481 e. The van der Waals surface area contributed by atoms with Crippen molar-refractivity contribution in [3.63, 3.8) is 0 Å². The van der Waals surface area contributed by atoms with Gasteiger partial charge in [0.2, 0.25) is 5.88 Å². The lowest BCUT2D eigenvalue weighted by Crippen LogP contribution is -2.27. The molecular formula is C11H15NO3S. The molecule has 0 aliphatic rings. The average Bonchev–Trinajstić information content (AvgIpc) is 2.26. The van der Waals surface area contributed by atoms with Crippen LogP contribution in [0.2, 0.25) is 0 Å². The first-order valence-corrected chi connectivity index (χ1v) is 5.81. The molecule has 0 unspecified atom stereocenters. The Morgan fingerprint density at radius 3 is 2.81 bits per heavy atom. The number of carboxylic acids is 1. The number of hydrogen-bond donors (Lipinski definition) is 1. The summed E-state index contributed by atoms with van der Waals surface area (Å²) in [5.41, 5.74) is 0.818. The van der Waals surface area contributed by atoms with E-state index in [0.29, 0.717) is 11.6 Å². The first-order chi connectivity index (χ1) is 7.45. The van der Waals surface area contributed by atoms with Crippen LogP contribution in [0.15, 0.2) is 18.2 Å². The highest BCUT2D eigenvalue weighted by molar-refractivity contribution is 8.00. The number of carboxylic acid groups (broad SMARTS) is 1. The smallest absolute Gasteiger partial charge is 0.319 e. The average molecular weight is 241 g/mol. The Balaban J connectivity index is 2.64. The van der Waals surface area contributed by atoms with Gasteiger partial charge in [-0.15, -0.1) is 11.8 Å². The number of pyridine rings is 1. The monoisotopic (exact) mass is 241 g/mol. The van der Waals surface area contributed by atoms with Gasteiger partial charge in [-0.3, -0.25) is 4.79 Å². The summed E-state index contributed by atoms with van der Waals surface area (Å²) in [7, 11) is 1.56. The minimum absolute atomic E-state index is 0.547. The van der Waals surface area contributed by atoms with Gasteiger partial charge in [-0.05, 0) is 19.9 Å². The fourth-order valence-corrected chi connectivity index (χ4v) is 1.76. The maximum absolute atomic E-state index is 10.9. The third-order valence-electron chi connectivity index (χ3n) is 2.09. The van der Waals surface area contributed by atoms with Crippen LogP contribution in [0.3, 0.4) is 0 Å². The Kier molecular flexibility index (Phi) is 4.18. The van der Waals surface area contributed by atoms with E-state index in [9.17, 15) is 4.79 Å². The molecule has 0 fully saturated rings. The lowest BCUT2D eigenvalue weighted by Gasteiger charge is -2.17. The molecule has 0 bridgehead atoms. The molecule has 1 aromatic rings. The van der Waals surface area contributed by atoms with E-state index < -0.39 is 10.7 Å². The first-order valence-electron chi connectivity index (χ1n) is 4.83. The summed E-state index contributed by atoms with van der Waals surface area (Å²) in [5.74, 6) is 0.280. The Hall–Kier alpha value is -1.23. The van der Waals surface area contributed by atoms with Crippen molar-refractivity contribution in [1.82, 2.24) is 4.98 Å². The highest BCUT2D eigenvalue weighted by atomic mass is 32.2. The molecule has 0 spiro atoms. The van der Waals surface area contributed by atoms with Crippen LogP contribution in [0.1, 0.15) is 19.5 Å². The molecule has 4 nitrogen and oxygen atoms in total. The van der Waals surface area contributed by atoms with E-state index in [2.05, 4.69) is 4.98 Å². The van der Waals surface area contributed by atoms with Crippen molar-refractivity contribution in [2.24, 2.45) is 0 Å². The Morgan fingerprint density at radius 1 is 1.56 bits per heavy atom. The molecule has 88 valence electrons. The lowest BCUT2D eigenvalue weighted by atomic mass is 10.2. The molecule has 1 rings (SSSR count). The second-order valence-electron chi connectivity index (χ2n) is 3.78. The zero-order valence-corrected chi connectivity index (χ0v) is 10.4. The second-order valence-corrected chi connectivity index (χ2v) is 5.37. The Labute approximate surface area is 99.0 Å². The number of aromatic nitrogens is 1. The van der Waals surface area contributed by atoms with E-state index in [0.717, 1.165) is 5.69 Å². The minimum atomic E-state index is -0.819. The fraction of sp³-hybridized carbons (Fsp3) is 0.455. The van der Waals surface area contributed by atoms with Crippen molar-refractivity contribution in [1.29, 1.82) is 0 Å². The number of carbonyl (C=O) groups is 1. The normalized spacial score (nSPS) is 11.2. The SMILES string of the molecule is COc1cccc(CSC(C)(C)C(=O)O)n1. The van der Waals surface area contributed by atoms with Gasteiger partial charge in [0, 0.05) is 11.8 Å². The van der Waals surface area contributed by atoms with E-state index in [-0.39, 0.29) is 0 Å². The van der Waals surface area contributed by atoms with E-state index in [1.54, 1.807) is 27.0 Å². The van der Waals surface area contributed by atoms with E-state index in [4.69, 9.17) is 9.84 Å². The van der Waals surface area contributed by atoms with Crippen molar-refractivity contribution < 1.29 is 14.6 Å². The molecule has 5 heteroatoms. The van der Waals surface area contributed by atoms with Gasteiger partial charge in [-0.1, -0.05) is 6.07 Å². The highest BCUT2D eigenvalue weighted by Crippen LogP contribution is 2.28. The van der Waals surface area contributed by atoms with Gasteiger partial charge in [-0.25, -0.2) is 4.98 Å². The molecule has 1 aromatic heterocycles. The Morgan fingerprint density at radius 2 is 2.25 bits per heavy atom. The first kappa shape index (κ1) is 12.8. The lowest BCUT2D eigenvalue weighted by molar-refractivity contribution is -0.138. The van der Waals surface area contributed by atoms with Crippen LogP contribution in [-0.4, -0.2) is 27.9 Å². The molecule has 0 amide bonds. The number of nitrogens with zero attached hydrogens (tertiary/aromatic N) is 1. The standard InChI is InChI=1S/C11H15NO3S/c1-11(2,10(13)14)16-7-8-5-4-6-9(12-8)15-3/h4-6H,7H2,1-3H3,(H,13,14). The molecule has 0 atom stereocenters. The number of ether oxygens (including phenoxy) is 1. The second kappa shape index (κ2) is 5.21. The molecule has 0 aliphatic heterocycles. The fourth-order valence-electron chi connectivity index (χ4n) is 0.968. The van der Waals surface area contributed by atoms with Gasteiger partial charge in [-0.2, -0.15) is 0 Å². The third kappa shape index (κ3) is 3.41. The zero-order chi connectivity index (χ0) is 12.2. The topological polar surface area (TPSA) is 59.4 Å². The van der Waals surface area contributed by atoms with Crippen LogP contribution in [0.25, 0.3) is 0 Å². The van der Waals surface area contributed by atoms with Crippen molar-refractivity contribution >= 4 is 17.7 Å². The van der Waals surface area contributed by atoms with Crippen LogP contribution < -0.4 is 4.74 Å². The van der Waals surface area contributed by atoms with Gasteiger partial charge in [0.25, 0.3) is 0 Å². The van der Waals surface area contributed by atoms with Gasteiger partial charge < -0.3 is 9.84 Å². The zero-order valence-electron chi connectivity index (χ0n) is 9.56. The highest BCUT2D eigenvalue weighted by Gasteiger charge is 2.27. The van der Waals surface area contributed by atoms with Gasteiger partial charge in [0.15, 0.2) is 0 Å². The molecule has 1 heterocycles. The van der Waals surface area contributed by atoms with Crippen molar-refractivity contribution in [2.45, 2.75) is 24.3 Å². The number of methoxy groups -OCH3 is 1. The summed E-state index contributed by atoms with van der Waals surface area (Å²) in [6.45, 7) is 3.36. The van der Waals surface area contributed by atoms with Gasteiger partial charge >= 0.3 is 5.97 Å². The predicted octanol–water partition coefficient (Wildman–Crippen LogP) is 2.19. The van der Waals surface area contributed by atoms with E-state index in [1.807, 2.05) is 12.1 Å². The summed E-state index contributed by atoms with van der Waals surface area (Å²) < 4.78 is 4.20. The molecule has 0 saturated carbocycles. The van der Waals surface area contributed by atoms with Crippen LogP contribution in [0.5, 0.6) is 5.88 Å². The predicted molar refractivity (Wildman–Crippen MR) is 63.8 cm³/mol. The summed E-state index contributed by atoms with van der Waals surface area (Å²) >= 11 is 1.34. The molecule has 0 aromatic carbocycles. The van der Waals surface area contributed by atoms with Crippen molar-refractivity contribution in [3.8, 4) is 5.88 Å². The van der Waals surface area contributed by atoms with Crippen molar-refractivity contribution in [3.05, 3.63) is 23.9 Å². The summed E-state index contributed by atoms with van der Waals surface area (Å²) in [5, 5.41) is 8.95. The molecule has 0 aliphatic carbocycles. The van der Waals surface area contributed by atoms with E-state index in [1.165, 1.54) is 11.8 Å².